The number of carbonyl (C=O) groups is 1. The van der Waals surface area contributed by atoms with Crippen molar-refractivity contribution in [2.45, 2.75) is 44.8 Å². The van der Waals surface area contributed by atoms with Gasteiger partial charge in [-0.1, -0.05) is 13.8 Å². The van der Waals surface area contributed by atoms with Crippen molar-refractivity contribution in [3.05, 3.63) is 18.2 Å². The molecule has 1 aliphatic heterocycles. The van der Waals surface area contributed by atoms with Gasteiger partial charge in [-0.15, -0.1) is 0 Å². The zero-order valence-electron chi connectivity index (χ0n) is 18.3. The molecule has 1 saturated heterocycles. The molecule has 164 valence electrons. The molecule has 1 aliphatic rings. The fourth-order valence-corrected chi connectivity index (χ4v) is 5.17. The first-order chi connectivity index (χ1) is 13.6. The second-order valence-electron chi connectivity index (χ2n) is 7.66. The second kappa shape index (κ2) is 9.88. The summed E-state index contributed by atoms with van der Waals surface area (Å²) in [4.78, 5) is 16.8. The first kappa shape index (κ1) is 23.6. The highest BCUT2D eigenvalue weighted by molar-refractivity contribution is 7.89. The van der Waals surface area contributed by atoms with E-state index in [9.17, 15) is 13.2 Å². The van der Waals surface area contributed by atoms with E-state index in [1.807, 2.05) is 46.7 Å². The topological polar surface area (TPSA) is 82.2 Å². The summed E-state index contributed by atoms with van der Waals surface area (Å²) < 4.78 is 32.9. The number of nitrogens with one attached hydrogen (secondary N) is 1. The van der Waals surface area contributed by atoms with Gasteiger partial charge in [-0.3, -0.25) is 9.69 Å². The maximum atomic E-state index is 12.9. The van der Waals surface area contributed by atoms with Crippen molar-refractivity contribution in [1.29, 1.82) is 0 Å². The Labute approximate surface area is 174 Å². The van der Waals surface area contributed by atoms with Gasteiger partial charge in [0.2, 0.25) is 15.9 Å². The van der Waals surface area contributed by atoms with E-state index in [2.05, 4.69) is 10.2 Å². The summed E-state index contributed by atoms with van der Waals surface area (Å²) in [5, 5.41) is 2.91. The van der Waals surface area contributed by atoms with Crippen LogP contribution in [0.4, 0.5) is 11.4 Å². The number of anilines is 2. The van der Waals surface area contributed by atoms with Crippen LogP contribution in [0.15, 0.2) is 23.1 Å². The second-order valence-corrected chi connectivity index (χ2v) is 9.60. The Morgan fingerprint density at radius 1 is 1.17 bits per heavy atom. The summed E-state index contributed by atoms with van der Waals surface area (Å²) >= 11 is 0. The molecule has 1 heterocycles. The lowest BCUT2D eigenvalue weighted by atomic mass is 10.2. The first-order valence-electron chi connectivity index (χ1n) is 10.1. The number of nitrogens with zero attached hydrogens (tertiary/aromatic N) is 3. The van der Waals surface area contributed by atoms with Crippen LogP contribution in [0.1, 0.15) is 27.7 Å². The third-order valence-electron chi connectivity index (χ3n) is 4.93. The van der Waals surface area contributed by atoms with Crippen molar-refractivity contribution in [3.8, 4) is 0 Å². The van der Waals surface area contributed by atoms with Crippen LogP contribution in [-0.4, -0.2) is 82.6 Å². The third kappa shape index (κ3) is 5.91. The molecular weight excluding hydrogens is 392 g/mol. The van der Waals surface area contributed by atoms with E-state index in [0.29, 0.717) is 31.9 Å². The molecule has 1 amide bonds. The van der Waals surface area contributed by atoms with Crippen LogP contribution in [-0.2, 0) is 19.6 Å². The molecule has 2 rings (SSSR count). The smallest absolute Gasteiger partial charge is 0.243 e. The normalized spacial score (nSPS) is 20.7. The lowest BCUT2D eigenvalue weighted by Gasteiger charge is -2.34. The maximum absolute atomic E-state index is 12.9. The Morgan fingerprint density at radius 3 is 2.28 bits per heavy atom. The van der Waals surface area contributed by atoms with E-state index < -0.39 is 10.0 Å². The molecule has 0 radical (unpaired) electrons. The van der Waals surface area contributed by atoms with Crippen LogP contribution in [0.5, 0.6) is 0 Å². The zero-order chi connectivity index (χ0) is 21.8. The number of morpholine rings is 1. The lowest BCUT2D eigenvalue weighted by molar-refractivity contribution is -0.121. The molecule has 0 aliphatic carbocycles. The van der Waals surface area contributed by atoms with Crippen molar-refractivity contribution in [1.82, 2.24) is 9.21 Å². The molecule has 0 saturated carbocycles. The fourth-order valence-electron chi connectivity index (χ4n) is 3.68. The van der Waals surface area contributed by atoms with Crippen LogP contribution in [0, 0.1) is 0 Å². The maximum Gasteiger partial charge on any atom is 0.243 e. The molecule has 0 spiro atoms. The van der Waals surface area contributed by atoms with Gasteiger partial charge < -0.3 is 15.0 Å². The minimum atomic E-state index is -3.61. The van der Waals surface area contributed by atoms with Gasteiger partial charge in [0.05, 0.1) is 35.0 Å². The molecule has 2 atom stereocenters. The van der Waals surface area contributed by atoms with Crippen LogP contribution in [0.25, 0.3) is 0 Å². The molecule has 0 aromatic heterocycles. The summed E-state index contributed by atoms with van der Waals surface area (Å²) in [6, 6.07) is 4.86. The van der Waals surface area contributed by atoms with E-state index in [-0.39, 0.29) is 29.6 Å². The van der Waals surface area contributed by atoms with Crippen molar-refractivity contribution < 1.29 is 17.9 Å². The third-order valence-corrected chi connectivity index (χ3v) is 6.98. The van der Waals surface area contributed by atoms with Crippen LogP contribution >= 0.6 is 0 Å². The summed E-state index contributed by atoms with van der Waals surface area (Å²) in [7, 11) is 0.105. The predicted octanol–water partition coefficient (Wildman–Crippen LogP) is 1.83. The highest BCUT2D eigenvalue weighted by Crippen LogP contribution is 2.29. The number of benzene rings is 1. The molecule has 29 heavy (non-hydrogen) atoms. The molecule has 1 fully saturated rings. The molecule has 1 N–H and O–H groups in total. The number of carbonyl (C=O) groups excluding carboxylic acids is 1. The van der Waals surface area contributed by atoms with Gasteiger partial charge in [0.25, 0.3) is 0 Å². The molecule has 1 aromatic carbocycles. The molecule has 0 bridgehead atoms. The molecule has 8 nitrogen and oxygen atoms in total. The summed E-state index contributed by atoms with van der Waals surface area (Å²) in [5.41, 5.74) is 1.24. The number of hydrogen-bond acceptors (Lipinski definition) is 6. The largest absolute Gasteiger partial charge is 0.376 e. The summed E-state index contributed by atoms with van der Waals surface area (Å²) in [5.74, 6) is -0.174. The van der Waals surface area contributed by atoms with Gasteiger partial charge in [-0.25, -0.2) is 8.42 Å². The van der Waals surface area contributed by atoms with Crippen LogP contribution < -0.4 is 10.2 Å². The van der Waals surface area contributed by atoms with E-state index in [1.54, 1.807) is 18.2 Å². The lowest BCUT2D eigenvalue weighted by Crippen LogP contribution is -2.48. The van der Waals surface area contributed by atoms with Crippen LogP contribution in [0.2, 0.25) is 0 Å². The van der Waals surface area contributed by atoms with Gasteiger partial charge in [0, 0.05) is 40.3 Å². The van der Waals surface area contributed by atoms with E-state index in [0.717, 1.165) is 5.69 Å². The number of sulfonamides is 1. The van der Waals surface area contributed by atoms with Gasteiger partial charge in [-0.05, 0) is 32.0 Å². The number of amides is 1. The standard InChI is InChI=1S/C20H34N4O4S/c1-7-24(8-2)29(26,27)17-9-10-19(22(5)6)18(11-17)21-20(25)14-23-12-15(3)28-16(4)13-23/h9-11,15-16H,7-8,12-14H2,1-6H3,(H,21,25)/t15-,16-/m1/s1. The van der Waals surface area contributed by atoms with Crippen molar-refractivity contribution in [2.24, 2.45) is 0 Å². The molecule has 1 aromatic rings. The van der Waals surface area contributed by atoms with E-state index >= 15 is 0 Å². The SMILES string of the molecule is CCN(CC)S(=O)(=O)c1ccc(N(C)C)c(NC(=O)CN2C[C@@H](C)O[C@H](C)C2)c1. The van der Waals surface area contributed by atoms with E-state index in [4.69, 9.17) is 4.74 Å². The van der Waals surface area contributed by atoms with Crippen molar-refractivity contribution >= 4 is 27.3 Å². The monoisotopic (exact) mass is 426 g/mol. The summed E-state index contributed by atoms with van der Waals surface area (Å²) in [6.45, 7) is 10.00. The zero-order valence-corrected chi connectivity index (χ0v) is 19.1. The Kier molecular flexibility index (Phi) is 8.04. The fraction of sp³-hybridized carbons (Fsp3) is 0.650. The average molecular weight is 427 g/mol. The predicted molar refractivity (Wildman–Crippen MR) is 116 cm³/mol. The van der Waals surface area contributed by atoms with Gasteiger partial charge in [-0.2, -0.15) is 4.31 Å². The number of rotatable bonds is 8. The average Bonchev–Trinajstić information content (AvgIpc) is 2.61. The highest BCUT2D eigenvalue weighted by Gasteiger charge is 2.26. The Morgan fingerprint density at radius 2 is 1.76 bits per heavy atom. The quantitative estimate of drug-likeness (QED) is 0.683. The summed E-state index contributed by atoms with van der Waals surface area (Å²) in [6.07, 6.45) is 0.151. The Balaban J connectivity index is 2.24. The minimum absolute atomic E-state index is 0.0754. The number of ether oxygens (including phenoxy) is 1. The molecule has 9 heteroatoms. The first-order valence-corrected chi connectivity index (χ1v) is 11.5. The van der Waals surface area contributed by atoms with Gasteiger partial charge in [0.15, 0.2) is 0 Å². The highest BCUT2D eigenvalue weighted by atomic mass is 32.2. The Bertz CT molecular complexity index is 799. The Hall–Kier alpha value is -1.68. The van der Waals surface area contributed by atoms with Gasteiger partial charge in [0.1, 0.15) is 0 Å². The molecular formula is C20H34N4O4S. The van der Waals surface area contributed by atoms with E-state index in [1.165, 1.54) is 4.31 Å². The molecule has 0 unspecified atom stereocenters. The minimum Gasteiger partial charge on any atom is -0.376 e. The van der Waals surface area contributed by atoms with Crippen molar-refractivity contribution in [3.63, 3.8) is 0 Å². The van der Waals surface area contributed by atoms with Gasteiger partial charge >= 0.3 is 0 Å². The number of hydrogen-bond donors (Lipinski definition) is 1. The van der Waals surface area contributed by atoms with Crippen molar-refractivity contribution in [2.75, 3.05) is 57.0 Å². The van der Waals surface area contributed by atoms with Crippen LogP contribution in [0.3, 0.4) is 0 Å².